The first-order valence-electron chi connectivity index (χ1n) is 4.84. The third kappa shape index (κ3) is 3.72. The van der Waals surface area contributed by atoms with Gasteiger partial charge in [-0.2, -0.15) is 8.78 Å². The Morgan fingerprint density at radius 2 is 1.82 bits per heavy atom. The molecule has 17 heavy (non-hydrogen) atoms. The minimum atomic E-state index is -4.07. The van der Waals surface area contributed by atoms with Crippen LogP contribution in [0.5, 0.6) is 0 Å². The monoisotopic (exact) mass is 249 g/mol. The molecule has 6 heteroatoms. The molecule has 0 aromatic heterocycles. The fourth-order valence-corrected chi connectivity index (χ4v) is 1.12. The number of carbonyl (C=O) groups is 1. The van der Waals surface area contributed by atoms with Crippen LogP contribution >= 0.6 is 0 Å². The Morgan fingerprint density at radius 1 is 1.29 bits per heavy atom. The van der Waals surface area contributed by atoms with Crippen LogP contribution in [0.15, 0.2) is 24.3 Å². The van der Waals surface area contributed by atoms with Crippen molar-refractivity contribution in [1.29, 1.82) is 0 Å². The highest BCUT2D eigenvalue weighted by Crippen LogP contribution is 2.23. The van der Waals surface area contributed by atoms with E-state index in [2.05, 4.69) is 5.32 Å². The largest absolute Gasteiger partial charge is 0.379 e. The minimum Gasteiger partial charge on any atom is -0.379 e. The summed E-state index contributed by atoms with van der Waals surface area (Å²) in [5.74, 6) is -4.23. The van der Waals surface area contributed by atoms with E-state index in [9.17, 15) is 22.4 Å². The number of ketones is 1. The van der Waals surface area contributed by atoms with Gasteiger partial charge in [-0.05, 0) is 31.2 Å². The number of alkyl halides is 4. The van der Waals surface area contributed by atoms with E-state index in [4.69, 9.17) is 0 Å². The van der Waals surface area contributed by atoms with Gasteiger partial charge >= 0.3 is 12.3 Å². The molecule has 0 saturated heterocycles. The first kappa shape index (κ1) is 13.5. The molecule has 0 unspecified atom stereocenters. The Balaban J connectivity index is 2.62. The van der Waals surface area contributed by atoms with Gasteiger partial charge < -0.3 is 5.32 Å². The Morgan fingerprint density at radius 3 is 2.24 bits per heavy atom. The number of Topliss-reactive ketones (excluding diaryl/α,β-unsaturated/α-hetero) is 1. The molecule has 2 nitrogen and oxygen atoms in total. The van der Waals surface area contributed by atoms with Gasteiger partial charge in [-0.1, -0.05) is 0 Å². The van der Waals surface area contributed by atoms with Crippen LogP contribution in [0.4, 0.5) is 23.2 Å². The van der Waals surface area contributed by atoms with Crippen LogP contribution in [0.2, 0.25) is 0 Å². The number of halogens is 4. The summed E-state index contributed by atoms with van der Waals surface area (Å²) in [4.78, 5) is 10.9. The highest BCUT2D eigenvalue weighted by Gasteiger charge is 2.40. The third-order valence-corrected chi connectivity index (χ3v) is 2.14. The standard InChI is InChI=1S/C11H11F4NO/c1-7(17)8-2-4-9(5-3-8)16-6-11(14,15)10(12)13/h2-5,10,16H,6H2,1H3. The normalized spacial score (nSPS) is 11.6. The molecule has 0 radical (unpaired) electrons. The maximum Gasteiger partial charge on any atom is 0.324 e. The Labute approximate surface area is 95.6 Å². The summed E-state index contributed by atoms with van der Waals surface area (Å²) >= 11 is 0. The number of anilines is 1. The fraction of sp³-hybridized carbons (Fsp3) is 0.364. The van der Waals surface area contributed by atoms with Crippen molar-refractivity contribution in [3.05, 3.63) is 29.8 Å². The third-order valence-electron chi connectivity index (χ3n) is 2.14. The first-order chi connectivity index (χ1) is 7.83. The predicted molar refractivity (Wildman–Crippen MR) is 55.9 cm³/mol. The summed E-state index contributed by atoms with van der Waals surface area (Å²) in [6, 6.07) is 5.65. The van der Waals surface area contributed by atoms with Crippen molar-refractivity contribution in [3.63, 3.8) is 0 Å². The summed E-state index contributed by atoms with van der Waals surface area (Å²) in [5, 5.41) is 2.19. The lowest BCUT2D eigenvalue weighted by atomic mass is 10.1. The van der Waals surface area contributed by atoms with Gasteiger partial charge in [0.25, 0.3) is 0 Å². The average molecular weight is 249 g/mol. The molecule has 0 saturated carbocycles. The topological polar surface area (TPSA) is 29.1 Å². The van der Waals surface area contributed by atoms with E-state index in [0.717, 1.165) is 0 Å². The molecular formula is C11H11F4NO. The van der Waals surface area contributed by atoms with Crippen molar-refractivity contribution in [2.75, 3.05) is 11.9 Å². The molecule has 0 aliphatic rings. The molecule has 0 heterocycles. The fourth-order valence-electron chi connectivity index (χ4n) is 1.12. The van der Waals surface area contributed by atoms with Crippen LogP contribution in [0.25, 0.3) is 0 Å². The van der Waals surface area contributed by atoms with Gasteiger partial charge in [0.2, 0.25) is 0 Å². The van der Waals surface area contributed by atoms with E-state index < -0.39 is 18.9 Å². The Kier molecular flexibility index (Phi) is 4.09. The van der Waals surface area contributed by atoms with Gasteiger partial charge in [0, 0.05) is 11.3 Å². The highest BCUT2D eigenvalue weighted by molar-refractivity contribution is 5.94. The Bertz CT molecular complexity index is 389. The SMILES string of the molecule is CC(=O)c1ccc(NCC(F)(F)C(F)F)cc1. The predicted octanol–water partition coefficient (Wildman–Crippen LogP) is 3.20. The van der Waals surface area contributed by atoms with E-state index in [0.29, 0.717) is 5.56 Å². The maximum atomic E-state index is 12.6. The van der Waals surface area contributed by atoms with Crippen molar-refractivity contribution in [1.82, 2.24) is 0 Å². The molecule has 1 aromatic rings. The van der Waals surface area contributed by atoms with Crippen LogP contribution in [0.3, 0.4) is 0 Å². The summed E-state index contributed by atoms with van der Waals surface area (Å²) in [7, 11) is 0. The second kappa shape index (κ2) is 5.16. The minimum absolute atomic E-state index is 0.158. The number of rotatable bonds is 5. The van der Waals surface area contributed by atoms with E-state index in [1.165, 1.54) is 31.2 Å². The number of carbonyl (C=O) groups excluding carboxylic acids is 1. The van der Waals surface area contributed by atoms with E-state index in [1.54, 1.807) is 0 Å². The lowest BCUT2D eigenvalue weighted by Gasteiger charge is -2.16. The number of hydrogen-bond acceptors (Lipinski definition) is 2. The lowest BCUT2D eigenvalue weighted by molar-refractivity contribution is -0.117. The van der Waals surface area contributed by atoms with Gasteiger partial charge in [-0.15, -0.1) is 0 Å². The van der Waals surface area contributed by atoms with Gasteiger partial charge in [-0.25, -0.2) is 8.78 Å². The molecule has 0 atom stereocenters. The van der Waals surface area contributed by atoms with Crippen LogP contribution in [-0.2, 0) is 0 Å². The first-order valence-corrected chi connectivity index (χ1v) is 4.84. The smallest absolute Gasteiger partial charge is 0.324 e. The number of nitrogens with one attached hydrogen (secondary N) is 1. The van der Waals surface area contributed by atoms with Crippen molar-refractivity contribution < 1.29 is 22.4 Å². The van der Waals surface area contributed by atoms with Crippen molar-refractivity contribution in [2.45, 2.75) is 19.3 Å². The zero-order valence-corrected chi connectivity index (χ0v) is 9.01. The van der Waals surface area contributed by atoms with Gasteiger partial charge in [-0.3, -0.25) is 4.79 Å². The molecule has 1 aromatic carbocycles. The Hall–Kier alpha value is -1.59. The van der Waals surface area contributed by atoms with E-state index in [-0.39, 0.29) is 11.5 Å². The summed E-state index contributed by atoms with van der Waals surface area (Å²) in [6.45, 7) is 0.220. The average Bonchev–Trinajstić information content (AvgIpc) is 2.27. The van der Waals surface area contributed by atoms with Crippen molar-refractivity contribution in [2.24, 2.45) is 0 Å². The summed E-state index contributed by atoms with van der Waals surface area (Å²) < 4.78 is 48.8. The van der Waals surface area contributed by atoms with Crippen LogP contribution in [-0.4, -0.2) is 24.7 Å². The molecule has 1 rings (SSSR count). The van der Waals surface area contributed by atoms with E-state index >= 15 is 0 Å². The lowest BCUT2D eigenvalue weighted by Crippen LogP contribution is -2.34. The second-order valence-electron chi connectivity index (χ2n) is 3.55. The van der Waals surface area contributed by atoms with Crippen LogP contribution in [0.1, 0.15) is 17.3 Å². The molecule has 0 spiro atoms. The van der Waals surface area contributed by atoms with Gasteiger partial charge in [0.1, 0.15) is 0 Å². The molecule has 0 amide bonds. The van der Waals surface area contributed by atoms with Crippen molar-refractivity contribution >= 4 is 11.5 Å². The molecule has 0 fully saturated rings. The number of hydrogen-bond donors (Lipinski definition) is 1. The van der Waals surface area contributed by atoms with Gasteiger partial charge in [0.15, 0.2) is 5.78 Å². The zero-order chi connectivity index (χ0) is 13.1. The van der Waals surface area contributed by atoms with Crippen LogP contribution in [0, 0.1) is 0 Å². The van der Waals surface area contributed by atoms with E-state index in [1.807, 2.05) is 0 Å². The summed E-state index contributed by atoms with van der Waals surface area (Å²) in [5.41, 5.74) is 0.687. The molecule has 94 valence electrons. The summed E-state index contributed by atoms with van der Waals surface area (Å²) in [6.07, 6.45) is -3.70. The quantitative estimate of drug-likeness (QED) is 0.641. The maximum absolute atomic E-state index is 12.6. The van der Waals surface area contributed by atoms with Crippen molar-refractivity contribution in [3.8, 4) is 0 Å². The second-order valence-corrected chi connectivity index (χ2v) is 3.55. The van der Waals surface area contributed by atoms with Gasteiger partial charge in [0.05, 0.1) is 6.54 Å². The number of benzene rings is 1. The zero-order valence-electron chi connectivity index (χ0n) is 9.01. The molecular weight excluding hydrogens is 238 g/mol. The molecule has 0 bridgehead atoms. The molecule has 0 aliphatic carbocycles. The molecule has 0 aliphatic heterocycles. The van der Waals surface area contributed by atoms with Crippen LogP contribution < -0.4 is 5.32 Å². The highest BCUT2D eigenvalue weighted by atomic mass is 19.3. The molecule has 1 N–H and O–H groups in total.